The van der Waals surface area contributed by atoms with Crippen LogP contribution in [-0.2, 0) is 26.7 Å². The minimum atomic E-state index is -4.66. The van der Waals surface area contributed by atoms with E-state index >= 15 is 0 Å². The van der Waals surface area contributed by atoms with Crippen LogP contribution in [0, 0.1) is 0 Å². The van der Waals surface area contributed by atoms with Gasteiger partial charge in [-0.3, -0.25) is 0 Å². The van der Waals surface area contributed by atoms with E-state index in [1.54, 1.807) is 6.07 Å². The molecule has 2 aromatic carbocycles. The Morgan fingerprint density at radius 2 is 1.11 bits per heavy atom. The first-order valence-corrected chi connectivity index (χ1v) is 14.3. The summed E-state index contributed by atoms with van der Waals surface area (Å²) in [6.07, 6.45) is 12.6. The molecular weight excluding hydrogens is 510 g/mol. The Kier molecular flexibility index (Phi) is 17.6. The standard InChI is InChI=1S/C24H34O7S2.2Na/c1-2-3-4-5-6-7-8-9-10-11-12-20-13-16-23(33(28,29)30)19-24(20)31-21-14-17-22(18-15-21)32(25,26)27;;/h13-19H,2-12H2,1H3,(H,25,26,27)(H,28,29,30);;/q;2*+1/p-2. The summed E-state index contributed by atoms with van der Waals surface area (Å²) in [7, 11) is -9.24. The van der Waals surface area contributed by atoms with Crippen molar-refractivity contribution in [3.05, 3.63) is 48.0 Å². The van der Waals surface area contributed by atoms with E-state index < -0.39 is 30.0 Å². The van der Waals surface area contributed by atoms with Crippen molar-refractivity contribution in [3.8, 4) is 11.5 Å². The normalized spacial score (nSPS) is 11.4. The van der Waals surface area contributed by atoms with Crippen LogP contribution >= 0.6 is 0 Å². The van der Waals surface area contributed by atoms with Gasteiger partial charge < -0.3 is 13.8 Å². The van der Waals surface area contributed by atoms with Gasteiger partial charge in [-0.05, 0) is 54.8 Å². The quantitative estimate of drug-likeness (QED) is 0.173. The molecule has 0 aliphatic rings. The summed E-state index contributed by atoms with van der Waals surface area (Å²) in [4.78, 5) is -0.792. The smallest absolute Gasteiger partial charge is 0.744 e. The van der Waals surface area contributed by atoms with Crippen LogP contribution in [-0.4, -0.2) is 25.9 Å². The van der Waals surface area contributed by atoms with Crippen molar-refractivity contribution in [1.29, 1.82) is 0 Å². The van der Waals surface area contributed by atoms with Gasteiger partial charge in [0.1, 0.15) is 31.7 Å². The fraction of sp³-hybridized carbons (Fsp3) is 0.500. The van der Waals surface area contributed by atoms with Crippen molar-refractivity contribution in [1.82, 2.24) is 0 Å². The molecule has 0 aromatic heterocycles. The molecule has 0 heterocycles. The zero-order chi connectivity index (χ0) is 24.3. The van der Waals surface area contributed by atoms with Crippen molar-refractivity contribution >= 4 is 20.2 Å². The van der Waals surface area contributed by atoms with Crippen LogP contribution in [0.25, 0.3) is 0 Å². The molecule has 0 amide bonds. The van der Waals surface area contributed by atoms with Gasteiger partial charge in [-0.2, -0.15) is 0 Å². The Hall–Kier alpha value is 0.0600. The van der Waals surface area contributed by atoms with Crippen molar-refractivity contribution < 1.29 is 89.8 Å². The fourth-order valence-electron chi connectivity index (χ4n) is 3.60. The molecule has 11 heteroatoms. The largest absolute Gasteiger partial charge is 1.00 e. The van der Waals surface area contributed by atoms with Crippen molar-refractivity contribution in [2.45, 2.75) is 87.3 Å². The predicted octanol–water partition coefficient (Wildman–Crippen LogP) is -0.241. The molecule has 0 aliphatic heterocycles. The maximum Gasteiger partial charge on any atom is 1.00 e. The summed E-state index contributed by atoms with van der Waals surface area (Å²) in [5, 5.41) is 0. The number of rotatable bonds is 15. The van der Waals surface area contributed by atoms with E-state index in [4.69, 9.17) is 4.74 Å². The van der Waals surface area contributed by atoms with Gasteiger partial charge in [-0.1, -0.05) is 70.8 Å². The molecule has 0 unspecified atom stereocenters. The average Bonchev–Trinajstić information content (AvgIpc) is 2.75. The monoisotopic (exact) mass is 542 g/mol. The van der Waals surface area contributed by atoms with Crippen LogP contribution in [0.2, 0.25) is 0 Å². The maximum absolute atomic E-state index is 11.4. The van der Waals surface area contributed by atoms with E-state index in [2.05, 4.69) is 6.92 Å². The molecule has 0 spiro atoms. The second kappa shape index (κ2) is 17.5. The second-order valence-electron chi connectivity index (χ2n) is 8.18. The Labute approximate surface area is 254 Å². The van der Waals surface area contributed by atoms with E-state index in [1.165, 1.54) is 69.2 Å². The number of aryl methyl sites for hydroxylation is 1. The van der Waals surface area contributed by atoms with Crippen LogP contribution in [0.15, 0.2) is 52.3 Å². The molecule has 0 saturated heterocycles. The molecule has 0 bridgehead atoms. The Morgan fingerprint density at radius 3 is 1.60 bits per heavy atom. The third-order valence-electron chi connectivity index (χ3n) is 5.47. The number of hydrogen-bond acceptors (Lipinski definition) is 7. The first-order valence-electron chi connectivity index (χ1n) is 11.4. The summed E-state index contributed by atoms with van der Waals surface area (Å²) < 4.78 is 73.3. The van der Waals surface area contributed by atoms with E-state index in [1.807, 2.05) is 0 Å². The molecule has 0 aliphatic carbocycles. The maximum atomic E-state index is 11.4. The van der Waals surface area contributed by atoms with Gasteiger partial charge in [0.25, 0.3) is 0 Å². The van der Waals surface area contributed by atoms with Crippen LogP contribution in [0.4, 0.5) is 0 Å². The number of ether oxygens (including phenoxy) is 1. The molecule has 0 saturated carbocycles. The molecule has 7 nitrogen and oxygen atoms in total. The number of unbranched alkanes of at least 4 members (excludes halogenated alkanes) is 9. The van der Waals surface area contributed by atoms with Gasteiger partial charge in [0, 0.05) is 0 Å². The van der Waals surface area contributed by atoms with E-state index in [0.29, 0.717) is 6.42 Å². The summed E-state index contributed by atoms with van der Waals surface area (Å²) in [5.74, 6) is 0.452. The third-order valence-corrected chi connectivity index (χ3v) is 7.15. The van der Waals surface area contributed by atoms with Crippen LogP contribution in [0.3, 0.4) is 0 Å². The minimum Gasteiger partial charge on any atom is -0.744 e. The summed E-state index contributed by atoms with van der Waals surface area (Å²) in [6.45, 7) is 2.21. The first-order chi connectivity index (χ1) is 15.6. The Balaban J connectivity index is 0.00000578. The van der Waals surface area contributed by atoms with Crippen LogP contribution < -0.4 is 63.9 Å². The average molecular weight is 543 g/mol. The van der Waals surface area contributed by atoms with Crippen molar-refractivity contribution in [2.24, 2.45) is 0 Å². The Bertz CT molecular complexity index is 1090. The van der Waals surface area contributed by atoms with Gasteiger partial charge in [-0.15, -0.1) is 0 Å². The number of hydrogen-bond donors (Lipinski definition) is 0. The SMILES string of the molecule is CCCCCCCCCCCCc1ccc(S(=O)(=O)[O-])cc1Oc1ccc(S(=O)(=O)[O-])cc1.[Na+].[Na+]. The van der Waals surface area contributed by atoms with Gasteiger partial charge in [-0.25, -0.2) is 16.8 Å². The first kappa shape index (κ1) is 35.1. The number of benzene rings is 2. The van der Waals surface area contributed by atoms with E-state index in [9.17, 15) is 25.9 Å². The van der Waals surface area contributed by atoms with E-state index in [-0.39, 0.29) is 70.6 Å². The van der Waals surface area contributed by atoms with Gasteiger partial charge in [0.15, 0.2) is 0 Å². The molecule has 0 radical (unpaired) electrons. The van der Waals surface area contributed by atoms with Gasteiger partial charge >= 0.3 is 59.1 Å². The fourth-order valence-corrected chi connectivity index (χ4v) is 4.55. The molecular formula is C24H32Na2O7S2. The molecule has 2 aromatic rings. The minimum absolute atomic E-state index is 0. The molecule has 0 N–H and O–H groups in total. The Morgan fingerprint density at radius 1 is 0.657 bits per heavy atom. The zero-order valence-electron chi connectivity index (χ0n) is 21.0. The summed E-state index contributed by atoms with van der Waals surface area (Å²) in [5.41, 5.74) is 0.752. The molecule has 0 fully saturated rings. The summed E-state index contributed by atoms with van der Waals surface area (Å²) >= 11 is 0. The van der Waals surface area contributed by atoms with Crippen LogP contribution in [0.5, 0.6) is 11.5 Å². The molecule has 35 heavy (non-hydrogen) atoms. The predicted molar refractivity (Wildman–Crippen MR) is 124 cm³/mol. The topological polar surface area (TPSA) is 124 Å². The van der Waals surface area contributed by atoms with Crippen LogP contribution in [0.1, 0.15) is 76.7 Å². The van der Waals surface area contributed by atoms with Gasteiger partial charge in [0.05, 0.1) is 9.79 Å². The summed E-state index contributed by atoms with van der Waals surface area (Å²) in [6, 6.07) is 8.90. The second-order valence-corrected chi connectivity index (χ2v) is 10.9. The van der Waals surface area contributed by atoms with Crippen molar-refractivity contribution in [3.63, 3.8) is 0 Å². The molecule has 0 atom stereocenters. The van der Waals surface area contributed by atoms with Crippen molar-refractivity contribution in [2.75, 3.05) is 0 Å². The third kappa shape index (κ3) is 13.4. The van der Waals surface area contributed by atoms with Gasteiger partial charge in [0.2, 0.25) is 0 Å². The molecule has 2 rings (SSSR count). The van der Waals surface area contributed by atoms with E-state index in [0.717, 1.165) is 37.0 Å². The zero-order valence-corrected chi connectivity index (χ0v) is 26.6. The molecule has 184 valence electrons.